The highest BCUT2D eigenvalue weighted by Crippen LogP contribution is 2.32. The summed E-state index contributed by atoms with van der Waals surface area (Å²) in [5.74, 6) is 0.925. The lowest BCUT2D eigenvalue weighted by Crippen LogP contribution is -1.90. The average Bonchev–Trinajstić information content (AvgIpc) is 2.95. The minimum Gasteiger partial charge on any atom is -0.389 e. The van der Waals surface area contributed by atoms with Gasteiger partial charge in [0, 0.05) is 17.0 Å². The first-order valence-corrected chi connectivity index (χ1v) is 6.83. The maximum Gasteiger partial charge on any atom is 0.263 e. The molecule has 20 heavy (non-hydrogen) atoms. The van der Waals surface area contributed by atoms with Crippen LogP contribution in [-0.4, -0.2) is 19.5 Å². The van der Waals surface area contributed by atoms with Crippen molar-refractivity contribution in [2.24, 2.45) is 0 Å². The Labute approximate surface area is 119 Å². The number of anilines is 1. The zero-order valence-electron chi connectivity index (χ0n) is 11.3. The van der Waals surface area contributed by atoms with E-state index in [1.165, 1.54) is 11.5 Å². The molecule has 3 aromatic heterocycles. The minimum atomic E-state index is 0.399. The van der Waals surface area contributed by atoms with Crippen LogP contribution in [0, 0.1) is 20.8 Å². The fourth-order valence-electron chi connectivity index (χ4n) is 2.05. The van der Waals surface area contributed by atoms with Crippen LogP contribution in [-0.2, 0) is 0 Å². The number of hydrogen-bond acceptors (Lipinski definition) is 7. The van der Waals surface area contributed by atoms with Crippen molar-refractivity contribution in [1.29, 1.82) is 0 Å². The Morgan fingerprint density at radius 1 is 1.10 bits per heavy atom. The fraction of sp³-hybridized carbons (Fsp3) is 0.231. The zero-order valence-corrected chi connectivity index (χ0v) is 12.2. The molecule has 0 unspecified atom stereocenters. The van der Waals surface area contributed by atoms with Crippen LogP contribution in [0.4, 0.5) is 5.00 Å². The molecule has 3 aromatic rings. The van der Waals surface area contributed by atoms with Crippen LogP contribution < -0.4 is 5.73 Å². The molecule has 3 heterocycles. The van der Waals surface area contributed by atoms with Gasteiger partial charge < -0.3 is 10.3 Å². The van der Waals surface area contributed by atoms with Gasteiger partial charge in [-0.3, -0.25) is 4.98 Å². The topological polar surface area (TPSA) is 90.7 Å². The maximum absolute atomic E-state index is 5.89. The molecule has 0 radical (unpaired) electrons. The van der Waals surface area contributed by atoms with Crippen molar-refractivity contribution < 1.29 is 4.52 Å². The molecule has 3 rings (SSSR count). The van der Waals surface area contributed by atoms with Gasteiger partial charge >= 0.3 is 0 Å². The summed E-state index contributed by atoms with van der Waals surface area (Å²) >= 11 is 1.23. The third-order valence-electron chi connectivity index (χ3n) is 2.87. The summed E-state index contributed by atoms with van der Waals surface area (Å²) in [4.78, 5) is 8.74. The maximum atomic E-state index is 5.89. The molecular formula is C13H13N5OS. The lowest BCUT2D eigenvalue weighted by Gasteiger charge is -1.99. The molecule has 7 heteroatoms. The van der Waals surface area contributed by atoms with Gasteiger partial charge in [-0.1, -0.05) is 5.16 Å². The Hall–Kier alpha value is -2.28. The Bertz CT molecular complexity index is 737. The molecule has 0 aliphatic heterocycles. The summed E-state index contributed by atoms with van der Waals surface area (Å²) in [5, 5.41) is 4.60. The first kappa shape index (κ1) is 12.7. The smallest absolute Gasteiger partial charge is 0.263 e. The number of rotatable bonds is 2. The molecule has 0 fully saturated rings. The molecule has 102 valence electrons. The first-order chi connectivity index (χ1) is 9.54. The number of nitrogens with two attached hydrogens (primary N) is 1. The van der Waals surface area contributed by atoms with Gasteiger partial charge in [0.05, 0.1) is 11.3 Å². The van der Waals surface area contributed by atoms with Crippen molar-refractivity contribution in [2.75, 3.05) is 5.73 Å². The van der Waals surface area contributed by atoms with Crippen LogP contribution in [0.1, 0.15) is 17.1 Å². The van der Waals surface area contributed by atoms with Gasteiger partial charge in [-0.15, -0.1) is 0 Å². The number of pyridine rings is 1. The van der Waals surface area contributed by atoms with Crippen molar-refractivity contribution in [2.45, 2.75) is 20.8 Å². The Kier molecular flexibility index (Phi) is 2.98. The minimum absolute atomic E-state index is 0.399. The van der Waals surface area contributed by atoms with Gasteiger partial charge in [-0.25, -0.2) is 0 Å². The van der Waals surface area contributed by atoms with Gasteiger partial charge in [0.15, 0.2) is 0 Å². The molecule has 0 atom stereocenters. The van der Waals surface area contributed by atoms with E-state index in [0.717, 1.165) is 28.2 Å². The van der Waals surface area contributed by atoms with Crippen LogP contribution in [0.5, 0.6) is 0 Å². The summed E-state index contributed by atoms with van der Waals surface area (Å²) in [5.41, 5.74) is 10.1. The fourth-order valence-corrected chi connectivity index (χ4v) is 2.71. The van der Waals surface area contributed by atoms with Crippen molar-refractivity contribution >= 4 is 16.5 Å². The van der Waals surface area contributed by atoms with Crippen molar-refractivity contribution in [3.63, 3.8) is 0 Å². The average molecular weight is 287 g/mol. The van der Waals surface area contributed by atoms with Crippen LogP contribution >= 0.6 is 11.5 Å². The Morgan fingerprint density at radius 2 is 1.80 bits per heavy atom. The number of aromatic nitrogens is 4. The predicted molar refractivity (Wildman–Crippen MR) is 77.3 cm³/mol. The molecular weight excluding hydrogens is 274 g/mol. The van der Waals surface area contributed by atoms with E-state index in [4.69, 9.17) is 10.3 Å². The monoisotopic (exact) mass is 287 g/mol. The second-order valence-corrected chi connectivity index (χ2v) is 5.37. The van der Waals surface area contributed by atoms with Crippen molar-refractivity contribution in [1.82, 2.24) is 19.5 Å². The standard InChI is InChI=1S/C13H13N5OS/c1-6-4-9(5-7(2)15-6)12-16-13(19-17-12)10-8(3)18-20-11(10)14/h4-5H,14H2,1-3H3. The summed E-state index contributed by atoms with van der Waals surface area (Å²) in [6.45, 7) is 5.73. The second kappa shape index (κ2) is 4.68. The van der Waals surface area contributed by atoms with Gasteiger partial charge in [-0.05, 0) is 44.4 Å². The third kappa shape index (κ3) is 2.16. The number of nitrogens with zero attached hydrogens (tertiary/aromatic N) is 4. The lowest BCUT2D eigenvalue weighted by molar-refractivity contribution is 0.432. The number of nitrogen functional groups attached to an aromatic ring is 1. The number of aryl methyl sites for hydroxylation is 3. The highest BCUT2D eigenvalue weighted by Gasteiger charge is 2.18. The largest absolute Gasteiger partial charge is 0.389 e. The molecule has 0 spiro atoms. The van der Waals surface area contributed by atoms with Gasteiger partial charge in [0.2, 0.25) is 5.82 Å². The quantitative estimate of drug-likeness (QED) is 0.779. The van der Waals surface area contributed by atoms with Crippen molar-refractivity contribution in [3.05, 3.63) is 29.2 Å². The molecule has 2 N–H and O–H groups in total. The van der Waals surface area contributed by atoms with Gasteiger partial charge in [0.25, 0.3) is 5.89 Å². The van der Waals surface area contributed by atoms with E-state index < -0.39 is 0 Å². The normalized spacial score (nSPS) is 10.9. The zero-order chi connectivity index (χ0) is 14.3. The van der Waals surface area contributed by atoms with Crippen LogP contribution in [0.25, 0.3) is 22.8 Å². The third-order valence-corrected chi connectivity index (χ3v) is 3.63. The van der Waals surface area contributed by atoms with Crippen molar-refractivity contribution in [3.8, 4) is 22.8 Å². The predicted octanol–water partition coefficient (Wildman–Crippen LogP) is 2.76. The van der Waals surface area contributed by atoms with Gasteiger partial charge in [-0.2, -0.15) is 9.36 Å². The molecule has 0 bridgehead atoms. The van der Waals surface area contributed by atoms with Crippen LogP contribution in [0.2, 0.25) is 0 Å². The summed E-state index contributed by atoms with van der Waals surface area (Å²) in [7, 11) is 0. The first-order valence-electron chi connectivity index (χ1n) is 6.06. The van der Waals surface area contributed by atoms with E-state index in [9.17, 15) is 0 Å². The Balaban J connectivity index is 2.06. The van der Waals surface area contributed by atoms with E-state index in [1.54, 1.807) is 0 Å². The van der Waals surface area contributed by atoms with E-state index >= 15 is 0 Å². The molecule has 0 aromatic carbocycles. The summed E-state index contributed by atoms with van der Waals surface area (Å²) in [6.07, 6.45) is 0. The highest BCUT2D eigenvalue weighted by atomic mass is 32.1. The summed E-state index contributed by atoms with van der Waals surface area (Å²) in [6, 6.07) is 3.84. The van der Waals surface area contributed by atoms with E-state index in [2.05, 4.69) is 19.5 Å². The van der Waals surface area contributed by atoms with E-state index in [0.29, 0.717) is 16.7 Å². The van der Waals surface area contributed by atoms with E-state index in [-0.39, 0.29) is 0 Å². The second-order valence-electron chi connectivity index (χ2n) is 4.57. The SMILES string of the molecule is Cc1cc(-c2noc(-c3c(C)nsc3N)n2)cc(C)n1. The van der Waals surface area contributed by atoms with Crippen LogP contribution in [0.15, 0.2) is 16.7 Å². The molecule has 0 aliphatic rings. The molecule has 0 saturated carbocycles. The molecule has 0 saturated heterocycles. The van der Waals surface area contributed by atoms with Gasteiger partial charge in [0.1, 0.15) is 5.00 Å². The number of hydrogen-bond donors (Lipinski definition) is 1. The highest BCUT2D eigenvalue weighted by molar-refractivity contribution is 7.10. The molecule has 0 amide bonds. The van der Waals surface area contributed by atoms with Crippen LogP contribution in [0.3, 0.4) is 0 Å². The molecule has 0 aliphatic carbocycles. The summed E-state index contributed by atoms with van der Waals surface area (Å²) < 4.78 is 9.49. The van der Waals surface area contributed by atoms with E-state index in [1.807, 2.05) is 32.9 Å². The molecule has 6 nitrogen and oxygen atoms in total. The Morgan fingerprint density at radius 3 is 2.40 bits per heavy atom. The lowest BCUT2D eigenvalue weighted by atomic mass is 10.2.